The smallest absolute Gasteiger partial charge is 0.224 e. The lowest BCUT2D eigenvalue weighted by Gasteiger charge is -2.25. The lowest BCUT2D eigenvalue weighted by Crippen LogP contribution is -2.44. The molecule has 0 bridgehead atoms. The van der Waals surface area contributed by atoms with E-state index in [2.05, 4.69) is 12.2 Å². The average molecular weight is 246 g/mol. The van der Waals surface area contributed by atoms with Crippen molar-refractivity contribution in [2.24, 2.45) is 5.73 Å². The van der Waals surface area contributed by atoms with Crippen molar-refractivity contribution < 1.29 is 4.79 Å². The van der Waals surface area contributed by atoms with Crippen molar-refractivity contribution in [2.45, 2.75) is 51.1 Å². The summed E-state index contributed by atoms with van der Waals surface area (Å²) in [7, 11) is 0. The van der Waals surface area contributed by atoms with Crippen LogP contribution in [0.4, 0.5) is 0 Å². The predicted molar refractivity (Wildman–Crippen MR) is 73.1 cm³/mol. The van der Waals surface area contributed by atoms with E-state index < -0.39 is 0 Å². The van der Waals surface area contributed by atoms with Crippen LogP contribution in [-0.4, -0.2) is 11.4 Å². The molecule has 1 aromatic rings. The first-order valence-corrected chi connectivity index (χ1v) is 6.70. The molecule has 1 saturated carbocycles. The molecule has 0 saturated heterocycles. The molecule has 3 heteroatoms. The van der Waals surface area contributed by atoms with Crippen LogP contribution in [-0.2, 0) is 17.8 Å². The van der Waals surface area contributed by atoms with Gasteiger partial charge in [-0.2, -0.15) is 0 Å². The van der Waals surface area contributed by atoms with Crippen molar-refractivity contribution in [1.82, 2.24) is 5.32 Å². The van der Waals surface area contributed by atoms with Gasteiger partial charge in [-0.3, -0.25) is 4.79 Å². The highest BCUT2D eigenvalue weighted by Gasteiger charge is 2.29. The molecule has 1 aliphatic rings. The highest BCUT2D eigenvalue weighted by Crippen LogP contribution is 2.28. The molecular weight excluding hydrogens is 224 g/mol. The number of amides is 1. The van der Waals surface area contributed by atoms with Crippen LogP contribution in [0.1, 0.15) is 43.7 Å². The number of carbonyl (C=O) groups is 1. The zero-order valence-corrected chi connectivity index (χ0v) is 11.0. The Hall–Kier alpha value is -1.35. The van der Waals surface area contributed by atoms with Crippen molar-refractivity contribution in [3.63, 3.8) is 0 Å². The van der Waals surface area contributed by atoms with E-state index in [0.29, 0.717) is 13.0 Å². The Kier molecular flexibility index (Phi) is 4.02. The molecule has 0 aromatic heterocycles. The zero-order valence-electron chi connectivity index (χ0n) is 11.0. The lowest BCUT2D eigenvalue weighted by atomic mass is 10.00. The van der Waals surface area contributed by atoms with Crippen molar-refractivity contribution >= 4 is 5.91 Å². The molecule has 3 nitrogen and oxygen atoms in total. The Morgan fingerprint density at radius 2 is 1.78 bits per heavy atom. The van der Waals surface area contributed by atoms with E-state index >= 15 is 0 Å². The fourth-order valence-electron chi connectivity index (χ4n) is 2.64. The summed E-state index contributed by atoms with van der Waals surface area (Å²) < 4.78 is 0. The molecule has 0 aliphatic heterocycles. The van der Waals surface area contributed by atoms with E-state index in [1.165, 1.54) is 12.8 Å². The first-order chi connectivity index (χ1) is 8.61. The predicted octanol–water partition coefficient (Wildman–Crippen LogP) is 2.14. The summed E-state index contributed by atoms with van der Waals surface area (Å²) in [4.78, 5) is 12.0. The molecular formula is C15H22N2O. The Labute approximate surface area is 109 Å². The molecule has 1 aliphatic carbocycles. The summed E-state index contributed by atoms with van der Waals surface area (Å²) in [5.74, 6) is 0.125. The van der Waals surface area contributed by atoms with Crippen LogP contribution in [0.15, 0.2) is 24.3 Å². The summed E-state index contributed by atoms with van der Waals surface area (Å²) in [6, 6.07) is 7.94. The van der Waals surface area contributed by atoms with Crippen LogP contribution >= 0.6 is 0 Å². The van der Waals surface area contributed by atoms with Gasteiger partial charge in [-0.15, -0.1) is 0 Å². The molecule has 0 heterocycles. The quantitative estimate of drug-likeness (QED) is 0.855. The Morgan fingerprint density at radius 1 is 1.22 bits per heavy atom. The Bertz CT molecular complexity index is 405. The maximum absolute atomic E-state index is 12.0. The third kappa shape index (κ3) is 3.33. The van der Waals surface area contributed by atoms with Gasteiger partial charge in [0.2, 0.25) is 5.91 Å². The maximum atomic E-state index is 12.0. The Balaban J connectivity index is 1.90. The second-order valence-corrected chi connectivity index (χ2v) is 5.51. The minimum absolute atomic E-state index is 0.0221. The van der Waals surface area contributed by atoms with Crippen LogP contribution in [0.25, 0.3) is 0 Å². The van der Waals surface area contributed by atoms with E-state index in [1.54, 1.807) is 0 Å². The third-order valence-electron chi connectivity index (χ3n) is 3.77. The summed E-state index contributed by atoms with van der Waals surface area (Å²) in [6.45, 7) is 2.69. The van der Waals surface area contributed by atoms with E-state index in [-0.39, 0.29) is 11.4 Å². The molecule has 3 N–H and O–H groups in total. The average Bonchev–Trinajstić information content (AvgIpc) is 2.76. The molecule has 1 amide bonds. The SMILES string of the molecule is CC1(NC(=O)Cc2ccc(CN)cc2)CCCC1. The largest absolute Gasteiger partial charge is 0.351 e. The fraction of sp³-hybridized carbons (Fsp3) is 0.533. The number of benzene rings is 1. The molecule has 1 aromatic carbocycles. The normalized spacial score (nSPS) is 17.7. The highest BCUT2D eigenvalue weighted by molar-refractivity contribution is 5.79. The maximum Gasteiger partial charge on any atom is 0.224 e. The van der Waals surface area contributed by atoms with Gasteiger partial charge >= 0.3 is 0 Å². The summed E-state index contributed by atoms with van der Waals surface area (Å²) in [5, 5.41) is 3.17. The third-order valence-corrected chi connectivity index (χ3v) is 3.77. The lowest BCUT2D eigenvalue weighted by molar-refractivity contribution is -0.122. The minimum Gasteiger partial charge on any atom is -0.351 e. The van der Waals surface area contributed by atoms with Gasteiger partial charge in [0.15, 0.2) is 0 Å². The first-order valence-electron chi connectivity index (χ1n) is 6.70. The van der Waals surface area contributed by atoms with Crippen LogP contribution in [0.2, 0.25) is 0 Å². The summed E-state index contributed by atoms with van der Waals surface area (Å²) >= 11 is 0. The van der Waals surface area contributed by atoms with Gasteiger partial charge in [-0.1, -0.05) is 37.1 Å². The van der Waals surface area contributed by atoms with E-state index in [0.717, 1.165) is 24.0 Å². The van der Waals surface area contributed by atoms with Crippen molar-refractivity contribution in [1.29, 1.82) is 0 Å². The molecule has 0 unspecified atom stereocenters. The second-order valence-electron chi connectivity index (χ2n) is 5.51. The van der Waals surface area contributed by atoms with E-state index in [1.807, 2.05) is 24.3 Å². The molecule has 0 radical (unpaired) electrons. The fourth-order valence-corrected chi connectivity index (χ4v) is 2.64. The van der Waals surface area contributed by atoms with Crippen LogP contribution < -0.4 is 11.1 Å². The number of hydrogen-bond acceptors (Lipinski definition) is 2. The topological polar surface area (TPSA) is 55.1 Å². The van der Waals surface area contributed by atoms with Crippen LogP contribution in [0.3, 0.4) is 0 Å². The molecule has 1 fully saturated rings. The van der Waals surface area contributed by atoms with Gasteiger partial charge in [-0.05, 0) is 30.9 Å². The van der Waals surface area contributed by atoms with Gasteiger partial charge in [0.1, 0.15) is 0 Å². The van der Waals surface area contributed by atoms with Gasteiger partial charge in [0, 0.05) is 12.1 Å². The second kappa shape index (κ2) is 5.53. The van der Waals surface area contributed by atoms with Gasteiger partial charge in [0.05, 0.1) is 6.42 Å². The van der Waals surface area contributed by atoms with Crippen molar-refractivity contribution in [2.75, 3.05) is 0 Å². The molecule has 2 rings (SSSR count). The molecule has 0 atom stereocenters. The Morgan fingerprint density at radius 3 is 2.33 bits per heavy atom. The minimum atomic E-state index is 0.0221. The molecule has 98 valence electrons. The highest BCUT2D eigenvalue weighted by atomic mass is 16.1. The van der Waals surface area contributed by atoms with Crippen molar-refractivity contribution in [3.8, 4) is 0 Å². The van der Waals surface area contributed by atoms with Crippen LogP contribution in [0, 0.1) is 0 Å². The number of hydrogen-bond donors (Lipinski definition) is 2. The van der Waals surface area contributed by atoms with E-state index in [9.17, 15) is 4.79 Å². The first kappa shape index (κ1) is 13.1. The number of nitrogens with one attached hydrogen (secondary N) is 1. The van der Waals surface area contributed by atoms with Gasteiger partial charge in [0.25, 0.3) is 0 Å². The number of carbonyl (C=O) groups excluding carboxylic acids is 1. The van der Waals surface area contributed by atoms with Gasteiger partial charge < -0.3 is 11.1 Å². The summed E-state index contributed by atoms with van der Waals surface area (Å²) in [6.07, 6.45) is 5.11. The standard InChI is InChI=1S/C15H22N2O/c1-15(8-2-3-9-15)17-14(18)10-12-4-6-13(11-16)7-5-12/h4-7H,2-3,8-11,16H2,1H3,(H,17,18). The monoisotopic (exact) mass is 246 g/mol. The zero-order chi connectivity index (χ0) is 13.0. The number of rotatable bonds is 4. The van der Waals surface area contributed by atoms with Crippen molar-refractivity contribution in [3.05, 3.63) is 35.4 Å². The molecule has 18 heavy (non-hydrogen) atoms. The number of nitrogens with two attached hydrogens (primary N) is 1. The molecule has 0 spiro atoms. The van der Waals surface area contributed by atoms with E-state index in [4.69, 9.17) is 5.73 Å². The van der Waals surface area contributed by atoms with Crippen LogP contribution in [0.5, 0.6) is 0 Å². The van der Waals surface area contributed by atoms with Gasteiger partial charge in [-0.25, -0.2) is 0 Å². The summed E-state index contributed by atoms with van der Waals surface area (Å²) in [5.41, 5.74) is 7.72.